The van der Waals surface area contributed by atoms with Crippen LogP contribution in [0.4, 0.5) is 0 Å². The molecule has 0 aliphatic rings. The van der Waals surface area contributed by atoms with E-state index >= 15 is 0 Å². The van der Waals surface area contributed by atoms with Gasteiger partial charge in [-0.05, 0) is 61.8 Å². The van der Waals surface area contributed by atoms with E-state index in [0.29, 0.717) is 0 Å². The molecule has 0 fully saturated rings. The Hall–Kier alpha value is -2.17. The minimum absolute atomic E-state index is 0.744. The average molecular weight is 409 g/mol. The van der Waals surface area contributed by atoms with E-state index in [-0.39, 0.29) is 0 Å². The average Bonchev–Trinajstić information content (AvgIpc) is 3.17. The molecule has 4 heteroatoms. The second-order valence-corrected chi connectivity index (χ2v) is 8.38. The van der Waals surface area contributed by atoms with E-state index in [9.17, 15) is 0 Å². The lowest BCUT2D eigenvalue weighted by Crippen LogP contribution is -2.30. The molecule has 2 aromatic carbocycles. The lowest BCUT2D eigenvalue weighted by molar-refractivity contribution is 0.204. The topological polar surface area (TPSA) is 25.4 Å². The van der Waals surface area contributed by atoms with Gasteiger partial charge in [-0.1, -0.05) is 57.0 Å². The van der Waals surface area contributed by atoms with Gasteiger partial charge >= 0.3 is 0 Å². The SMILES string of the molecule is CCCCN(CCCC)CCOc1ccc(/C=C/c2nc3ccccc3s2)cc1. The molecule has 0 N–H and O–H groups in total. The molecule has 0 spiro atoms. The molecule has 0 atom stereocenters. The second-order valence-electron chi connectivity index (χ2n) is 7.32. The Bertz CT molecular complexity index is 844. The first-order chi connectivity index (χ1) is 14.3. The van der Waals surface area contributed by atoms with Crippen molar-refractivity contribution in [3.8, 4) is 5.75 Å². The number of benzene rings is 2. The zero-order valence-corrected chi connectivity index (χ0v) is 18.5. The van der Waals surface area contributed by atoms with Crippen LogP contribution in [0.5, 0.6) is 5.75 Å². The van der Waals surface area contributed by atoms with Gasteiger partial charge in [-0.15, -0.1) is 11.3 Å². The highest BCUT2D eigenvalue weighted by atomic mass is 32.1. The number of hydrogen-bond donors (Lipinski definition) is 0. The number of thiazole rings is 1. The largest absolute Gasteiger partial charge is 0.492 e. The summed E-state index contributed by atoms with van der Waals surface area (Å²) < 4.78 is 7.20. The van der Waals surface area contributed by atoms with E-state index in [2.05, 4.69) is 78.3 Å². The summed E-state index contributed by atoms with van der Waals surface area (Å²) in [5.41, 5.74) is 2.22. The summed E-state index contributed by atoms with van der Waals surface area (Å²) in [6, 6.07) is 16.6. The molecule has 0 aliphatic heterocycles. The lowest BCUT2D eigenvalue weighted by Gasteiger charge is -2.22. The van der Waals surface area contributed by atoms with Gasteiger partial charge in [-0.2, -0.15) is 0 Å². The van der Waals surface area contributed by atoms with E-state index < -0.39 is 0 Å². The molecule has 29 heavy (non-hydrogen) atoms. The Balaban J connectivity index is 1.49. The molecule has 154 valence electrons. The van der Waals surface area contributed by atoms with Crippen LogP contribution < -0.4 is 4.74 Å². The monoisotopic (exact) mass is 408 g/mol. The van der Waals surface area contributed by atoms with Crippen LogP contribution in [0.1, 0.15) is 50.1 Å². The zero-order valence-electron chi connectivity index (χ0n) is 17.6. The number of unbranched alkanes of at least 4 members (excludes halogenated alkanes) is 2. The predicted octanol–water partition coefficient (Wildman–Crippen LogP) is 6.75. The molecule has 0 saturated heterocycles. The summed E-state index contributed by atoms with van der Waals surface area (Å²) in [4.78, 5) is 7.18. The van der Waals surface area contributed by atoms with Crippen LogP contribution in [0.2, 0.25) is 0 Å². The summed E-state index contributed by atoms with van der Waals surface area (Å²) in [6.07, 6.45) is 9.21. The molecular weight excluding hydrogens is 376 g/mol. The molecule has 3 aromatic rings. The number of aromatic nitrogens is 1. The molecule has 3 nitrogen and oxygen atoms in total. The molecular formula is C25H32N2OS. The Morgan fingerprint density at radius 3 is 2.31 bits per heavy atom. The Morgan fingerprint density at radius 2 is 1.62 bits per heavy atom. The van der Waals surface area contributed by atoms with Crippen molar-refractivity contribution < 1.29 is 4.74 Å². The van der Waals surface area contributed by atoms with Crippen LogP contribution in [-0.4, -0.2) is 36.1 Å². The summed E-state index contributed by atoms with van der Waals surface area (Å²) in [5.74, 6) is 0.938. The van der Waals surface area contributed by atoms with E-state index in [4.69, 9.17) is 4.74 Å². The summed E-state index contributed by atoms with van der Waals surface area (Å²) >= 11 is 1.72. The lowest BCUT2D eigenvalue weighted by atomic mass is 10.2. The molecule has 0 radical (unpaired) electrons. The number of para-hydroxylation sites is 1. The quantitative estimate of drug-likeness (QED) is 0.331. The number of ether oxygens (including phenoxy) is 1. The van der Waals surface area contributed by atoms with Crippen LogP contribution in [0.25, 0.3) is 22.4 Å². The van der Waals surface area contributed by atoms with Crippen molar-refractivity contribution in [3.63, 3.8) is 0 Å². The van der Waals surface area contributed by atoms with Crippen LogP contribution in [0.3, 0.4) is 0 Å². The molecule has 1 heterocycles. The van der Waals surface area contributed by atoms with Crippen molar-refractivity contribution >= 4 is 33.7 Å². The third kappa shape index (κ3) is 6.98. The molecule has 0 saturated carbocycles. The highest BCUT2D eigenvalue weighted by Crippen LogP contribution is 2.23. The minimum atomic E-state index is 0.744. The maximum Gasteiger partial charge on any atom is 0.119 e. The Kier molecular flexibility index (Phi) is 8.72. The van der Waals surface area contributed by atoms with Crippen molar-refractivity contribution in [2.75, 3.05) is 26.2 Å². The van der Waals surface area contributed by atoms with E-state index in [1.807, 2.05) is 6.07 Å². The highest BCUT2D eigenvalue weighted by Gasteiger charge is 2.04. The summed E-state index contributed by atoms with van der Waals surface area (Å²) in [5, 5.41) is 1.03. The molecule has 1 aromatic heterocycles. The van der Waals surface area contributed by atoms with Crippen LogP contribution in [-0.2, 0) is 0 Å². The van der Waals surface area contributed by atoms with E-state index in [1.165, 1.54) is 43.5 Å². The highest BCUT2D eigenvalue weighted by molar-refractivity contribution is 7.19. The first-order valence-electron chi connectivity index (χ1n) is 10.8. The van der Waals surface area contributed by atoms with Crippen LogP contribution in [0, 0.1) is 0 Å². The van der Waals surface area contributed by atoms with Crippen molar-refractivity contribution in [1.82, 2.24) is 9.88 Å². The smallest absolute Gasteiger partial charge is 0.119 e. The van der Waals surface area contributed by atoms with Gasteiger partial charge in [0.2, 0.25) is 0 Å². The maximum absolute atomic E-state index is 5.98. The molecule has 0 amide bonds. The maximum atomic E-state index is 5.98. The fraction of sp³-hybridized carbons (Fsp3) is 0.400. The van der Waals surface area contributed by atoms with Gasteiger partial charge in [0.05, 0.1) is 10.2 Å². The number of hydrogen-bond acceptors (Lipinski definition) is 4. The van der Waals surface area contributed by atoms with Crippen molar-refractivity contribution in [2.24, 2.45) is 0 Å². The summed E-state index contributed by atoms with van der Waals surface area (Å²) in [7, 11) is 0. The van der Waals surface area contributed by atoms with Crippen molar-refractivity contribution in [1.29, 1.82) is 0 Å². The predicted molar refractivity (Wildman–Crippen MR) is 127 cm³/mol. The first-order valence-corrected chi connectivity index (χ1v) is 11.6. The number of rotatable bonds is 12. The van der Waals surface area contributed by atoms with E-state index in [1.54, 1.807) is 11.3 Å². The summed E-state index contributed by atoms with van der Waals surface area (Å²) in [6.45, 7) is 8.60. The fourth-order valence-electron chi connectivity index (χ4n) is 3.20. The third-order valence-electron chi connectivity index (χ3n) is 4.94. The minimum Gasteiger partial charge on any atom is -0.492 e. The Morgan fingerprint density at radius 1 is 0.897 bits per heavy atom. The molecule has 0 unspecified atom stereocenters. The third-order valence-corrected chi connectivity index (χ3v) is 5.94. The number of fused-ring (bicyclic) bond motifs is 1. The van der Waals surface area contributed by atoms with E-state index in [0.717, 1.165) is 35.0 Å². The van der Waals surface area contributed by atoms with Gasteiger partial charge in [0.25, 0.3) is 0 Å². The van der Waals surface area contributed by atoms with Gasteiger partial charge in [-0.3, -0.25) is 4.90 Å². The number of nitrogens with zero attached hydrogens (tertiary/aromatic N) is 2. The van der Waals surface area contributed by atoms with Gasteiger partial charge in [-0.25, -0.2) is 4.98 Å². The van der Waals surface area contributed by atoms with Gasteiger partial charge in [0, 0.05) is 6.54 Å². The molecule has 0 aliphatic carbocycles. The van der Waals surface area contributed by atoms with Crippen molar-refractivity contribution in [2.45, 2.75) is 39.5 Å². The van der Waals surface area contributed by atoms with Crippen molar-refractivity contribution in [3.05, 3.63) is 59.1 Å². The van der Waals surface area contributed by atoms with Crippen LogP contribution >= 0.6 is 11.3 Å². The zero-order chi connectivity index (χ0) is 20.3. The fourth-order valence-corrected chi connectivity index (χ4v) is 4.07. The standard InChI is InChI=1S/C25H32N2OS/c1-3-5-17-27(18-6-4-2)19-20-28-22-14-11-21(12-15-22)13-16-25-26-23-9-7-8-10-24(23)29-25/h7-16H,3-6,17-20H2,1-2H3/b16-13+. The normalized spacial score (nSPS) is 11.7. The van der Waals surface area contributed by atoms with Gasteiger partial charge in [0.15, 0.2) is 0 Å². The van der Waals surface area contributed by atoms with Gasteiger partial charge in [0.1, 0.15) is 17.4 Å². The molecule has 3 rings (SSSR count). The van der Waals surface area contributed by atoms with Crippen LogP contribution in [0.15, 0.2) is 48.5 Å². The van der Waals surface area contributed by atoms with Gasteiger partial charge < -0.3 is 4.74 Å². The molecule has 0 bridgehead atoms. The second kappa shape index (κ2) is 11.7. The Labute approximate surface area is 179 Å². The first kappa shape index (κ1) is 21.5.